The van der Waals surface area contributed by atoms with Crippen LogP contribution in [-0.2, 0) is 4.74 Å². The van der Waals surface area contributed by atoms with Crippen molar-refractivity contribution in [2.75, 3.05) is 13.2 Å². The van der Waals surface area contributed by atoms with E-state index in [9.17, 15) is 10.2 Å². The Morgan fingerprint density at radius 3 is 2.81 bits per heavy atom. The molecule has 4 nitrogen and oxygen atoms in total. The standard InChI is InChI=1S/C12H20O4/c1-2-10(14)11(15)6-5-9-4-3-7-16-12(9)8-13/h1,9-15H,3-8H2/t9-,10?,11?,12?/m0/s1. The second-order valence-electron chi connectivity index (χ2n) is 4.25. The van der Waals surface area contributed by atoms with Crippen LogP contribution in [0.1, 0.15) is 25.7 Å². The van der Waals surface area contributed by atoms with Gasteiger partial charge in [0.1, 0.15) is 6.10 Å². The van der Waals surface area contributed by atoms with Gasteiger partial charge in [-0.1, -0.05) is 5.92 Å². The van der Waals surface area contributed by atoms with Crippen molar-refractivity contribution in [2.24, 2.45) is 5.92 Å². The van der Waals surface area contributed by atoms with Gasteiger partial charge in [-0.15, -0.1) is 6.42 Å². The summed E-state index contributed by atoms with van der Waals surface area (Å²) in [5, 5.41) is 27.8. The van der Waals surface area contributed by atoms with Gasteiger partial charge in [0, 0.05) is 6.61 Å². The van der Waals surface area contributed by atoms with Crippen molar-refractivity contribution in [2.45, 2.75) is 44.0 Å². The molecule has 0 aromatic carbocycles. The molecule has 0 radical (unpaired) electrons. The second-order valence-corrected chi connectivity index (χ2v) is 4.25. The van der Waals surface area contributed by atoms with Crippen molar-refractivity contribution < 1.29 is 20.1 Å². The summed E-state index contributed by atoms with van der Waals surface area (Å²) in [6, 6.07) is 0. The van der Waals surface area contributed by atoms with Gasteiger partial charge in [-0.2, -0.15) is 0 Å². The third-order valence-electron chi connectivity index (χ3n) is 3.13. The van der Waals surface area contributed by atoms with Crippen LogP contribution in [0.3, 0.4) is 0 Å². The summed E-state index contributed by atoms with van der Waals surface area (Å²) in [6.45, 7) is 0.704. The number of rotatable bonds is 5. The maximum Gasteiger partial charge on any atom is 0.140 e. The first-order valence-electron chi connectivity index (χ1n) is 5.73. The fourth-order valence-electron chi connectivity index (χ4n) is 2.09. The summed E-state index contributed by atoms with van der Waals surface area (Å²) in [7, 11) is 0. The van der Waals surface area contributed by atoms with Crippen molar-refractivity contribution >= 4 is 0 Å². The maximum absolute atomic E-state index is 9.51. The number of hydrogen-bond acceptors (Lipinski definition) is 4. The minimum absolute atomic E-state index is 0.0124. The second kappa shape index (κ2) is 6.87. The Bertz CT molecular complexity index is 236. The minimum atomic E-state index is -1.10. The molecule has 92 valence electrons. The number of aliphatic hydroxyl groups is 3. The molecule has 0 aliphatic carbocycles. The van der Waals surface area contributed by atoms with Crippen LogP contribution in [-0.4, -0.2) is 46.8 Å². The summed E-state index contributed by atoms with van der Waals surface area (Å²) in [4.78, 5) is 0. The maximum atomic E-state index is 9.51. The average Bonchev–Trinajstić information content (AvgIpc) is 2.35. The van der Waals surface area contributed by atoms with E-state index < -0.39 is 12.2 Å². The zero-order chi connectivity index (χ0) is 12.0. The smallest absolute Gasteiger partial charge is 0.140 e. The van der Waals surface area contributed by atoms with E-state index in [0.29, 0.717) is 19.4 Å². The Labute approximate surface area is 96.2 Å². The van der Waals surface area contributed by atoms with Crippen LogP contribution < -0.4 is 0 Å². The highest BCUT2D eigenvalue weighted by atomic mass is 16.5. The molecular formula is C12H20O4. The molecule has 0 amide bonds. The van der Waals surface area contributed by atoms with Gasteiger partial charge in [0.05, 0.1) is 18.8 Å². The topological polar surface area (TPSA) is 69.9 Å². The minimum Gasteiger partial charge on any atom is -0.394 e. The van der Waals surface area contributed by atoms with Crippen LogP contribution in [0.25, 0.3) is 0 Å². The van der Waals surface area contributed by atoms with Crippen LogP contribution in [0.15, 0.2) is 0 Å². The third kappa shape index (κ3) is 3.76. The van der Waals surface area contributed by atoms with Gasteiger partial charge >= 0.3 is 0 Å². The molecule has 1 aliphatic heterocycles. The molecule has 1 fully saturated rings. The highest BCUT2D eigenvalue weighted by Crippen LogP contribution is 2.25. The van der Waals surface area contributed by atoms with Crippen LogP contribution in [0.4, 0.5) is 0 Å². The fraction of sp³-hybridized carbons (Fsp3) is 0.833. The molecule has 1 rings (SSSR count). The zero-order valence-electron chi connectivity index (χ0n) is 9.38. The van der Waals surface area contributed by atoms with E-state index in [2.05, 4.69) is 5.92 Å². The number of aliphatic hydroxyl groups excluding tert-OH is 3. The third-order valence-corrected chi connectivity index (χ3v) is 3.13. The molecule has 0 aromatic heterocycles. The molecule has 4 atom stereocenters. The van der Waals surface area contributed by atoms with Crippen molar-refractivity contribution in [1.82, 2.24) is 0 Å². The molecule has 0 bridgehead atoms. The average molecular weight is 228 g/mol. The summed E-state index contributed by atoms with van der Waals surface area (Å²) in [5.41, 5.74) is 0. The molecule has 3 unspecified atom stereocenters. The largest absolute Gasteiger partial charge is 0.394 e. The van der Waals surface area contributed by atoms with Crippen LogP contribution >= 0.6 is 0 Å². The normalized spacial score (nSPS) is 29.4. The highest BCUT2D eigenvalue weighted by molar-refractivity contribution is 4.97. The Hall–Kier alpha value is -0.600. The van der Waals surface area contributed by atoms with Gasteiger partial charge in [0.2, 0.25) is 0 Å². The first-order valence-corrected chi connectivity index (χ1v) is 5.73. The molecule has 1 heterocycles. The SMILES string of the molecule is C#CC(O)C(O)CC[C@@H]1CCCOC1CO. The fourth-order valence-corrected chi connectivity index (χ4v) is 2.09. The molecule has 4 heteroatoms. The van der Waals surface area contributed by atoms with E-state index in [4.69, 9.17) is 16.3 Å². The van der Waals surface area contributed by atoms with E-state index in [-0.39, 0.29) is 18.6 Å². The van der Waals surface area contributed by atoms with E-state index >= 15 is 0 Å². The van der Waals surface area contributed by atoms with E-state index in [1.807, 2.05) is 0 Å². The molecule has 3 N–H and O–H groups in total. The predicted octanol–water partition coefficient (Wildman–Crippen LogP) is -0.0909. The molecular weight excluding hydrogens is 208 g/mol. The van der Waals surface area contributed by atoms with Gasteiger partial charge in [-0.25, -0.2) is 0 Å². The number of ether oxygens (including phenoxy) is 1. The summed E-state index contributed by atoms with van der Waals surface area (Å²) in [6.07, 6.45) is 6.02. The van der Waals surface area contributed by atoms with Crippen molar-refractivity contribution in [1.29, 1.82) is 0 Å². The van der Waals surface area contributed by atoms with Gasteiger partial charge in [0.25, 0.3) is 0 Å². The van der Waals surface area contributed by atoms with E-state index in [0.717, 1.165) is 12.8 Å². The Morgan fingerprint density at radius 2 is 2.19 bits per heavy atom. The van der Waals surface area contributed by atoms with Gasteiger partial charge < -0.3 is 20.1 Å². The van der Waals surface area contributed by atoms with Crippen molar-refractivity contribution in [3.05, 3.63) is 0 Å². The number of hydrogen-bond donors (Lipinski definition) is 3. The quantitative estimate of drug-likeness (QED) is 0.575. The van der Waals surface area contributed by atoms with Crippen molar-refractivity contribution in [3.63, 3.8) is 0 Å². The lowest BCUT2D eigenvalue weighted by Crippen LogP contribution is -2.34. The summed E-state index contributed by atoms with van der Waals surface area (Å²) in [5.74, 6) is 2.35. The first kappa shape index (κ1) is 13.5. The first-order chi connectivity index (χ1) is 7.69. The van der Waals surface area contributed by atoms with Gasteiger partial charge in [-0.3, -0.25) is 0 Å². The highest BCUT2D eigenvalue weighted by Gasteiger charge is 2.26. The van der Waals surface area contributed by atoms with Crippen LogP contribution in [0.5, 0.6) is 0 Å². The Kier molecular flexibility index (Phi) is 5.78. The van der Waals surface area contributed by atoms with Gasteiger partial charge in [0.15, 0.2) is 0 Å². The lowest BCUT2D eigenvalue weighted by molar-refractivity contribution is -0.0619. The zero-order valence-corrected chi connectivity index (χ0v) is 9.38. The van der Waals surface area contributed by atoms with E-state index in [1.54, 1.807) is 0 Å². The monoisotopic (exact) mass is 228 g/mol. The molecule has 1 aliphatic rings. The lowest BCUT2D eigenvalue weighted by Gasteiger charge is -2.31. The Balaban J connectivity index is 2.33. The summed E-state index contributed by atoms with van der Waals surface area (Å²) >= 11 is 0. The molecule has 0 spiro atoms. The van der Waals surface area contributed by atoms with Crippen molar-refractivity contribution in [3.8, 4) is 12.3 Å². The summed E-state index contributed by atoms with van der Waals surface area (Å²) < 4.78 is 5.42. The molecule has 1 saturated heterocycles. The molecule has 0 saturated carbocycles. The lowest BCUT2D eigenvalue weighted by atomic mass is 9.88. The Morgan fingerprint density at radius 1 is 1.44 bits per heavy atom. The van der Waals surface area contributed by atoms with E-state index in [1.165, 1.54) is 0 Å². The predicted molar refractivity (Wildman–Crippen MR) is 59.6 cm³/mol. The number of terminal acetylenes is 1. The molecule has 0 aromatic rings. The van der Waals surface area contributed by atoms with Crippen LogP contribution in [0.2, 0.25) is 0 Å². The van der Waals surface area contributed by atoms with Crippen LogP contribution in [0, 0.1) is 18.3 Å². The molecule has 16 heavy (non-hydrogen) atoms. The van der Waals surface area contributed by atoms with Gasteiger partial charge in [-0.05, 0) is 31.6 Å².